The highest BCUT2D eigenvalue weighted by Crippen LogP contribution is 2.37. The number of fused-ring (bicyclic) bond motifs is 1. The lowest BCUT2D eigenvalue weighted by atomic mass is 9.96. The van der Waals surface area contributed by atoms with E-state index in [9.17, 15) is 9.59 Å². The molecule has 1 aromatic heterocycles. The molecule has 0 amide bonds. The first-order valence-corrected chi connectivity index (χ1v) is 13.6. The highest BCUT2D eigenvalue weighted by Gasteiger charge is 2.33. The Balaban J connectivity index is 1.88. The number of hydrogen-bond donors (Lipinski definition) is 0. The third-order valence-electron chi connectivity index (χ3n) is 5.92. The molecule has 0 aliphatic carbocycles. The maximum Gasteiger partial charge on any atom is 0.338 e. The van der Waals surface area contributed by atoms with Crippen molar-refractivity contribution in [1.82, 2.24) is 4.57 Å². The number of rotatable bonds is 10. The number of hydrogen-bond acceptors (Lipinski definition) is 8. The molecule has 4 rings (SSSR count). The number of carbonyl (C=O) groups excluding carboxylic acids is 1. The monoisotopic (exact) mass is 568 g/mol. The Morgan fingerprint density at radius 3 is 2.56 bits per heavy atom. The number of esters is 1. The van der Waals surface area contributed by atoms with Crippen LogP contribution >= 0.6 is 22.9 Å². The summed E-state index contributed by atoms with van der Waals surface area (Å²) in [6, 6.07) is 10.0. The summed E-state index contributed by atoms with van der Waals surface area (Å²) in [7, 11) is 1.51. The molecule has 0 N–H and O–H groups in total. The van der Waals surface area contributed by atoms with Crippen LogP contribution < -0.4 is 29.1 Å². The van der Waals surface area contributed by atoms with Crippen molar-refractivity contribution in [2.75, 3.05) is 26.9 Å². The summed E-state index contributed by atoms with van der Waals surface area (Å²) >= 11 is 7.69. The number of methoxy groups -OCH3 is 1. The van der Waals surface area contributed by atoms with Gasteiger partial charge in [-0.2, -0.15) is 0 Å². The second-order valence-corrected chi connectivity index (χ2v) is 9.85. The molecule has 1 atom stereocenters. The van der Waals surface area contributed by atoms with Gasteiger partial charge in [0.1, 0.15) is 12.4 Å². The Kier molecular flexibility index (Phi) is 8.93. The molecule has 39 heavy (non-hydrogen) atoms. The molecule has 10 heteroatoms. The topological polar surface area (TPSA) is 88.4 Å². The molecule has 1 aliphatic heterocycles. The molecule has 1 aliphatic rings. The fourth-order valence-corrected chi connectivity index (χ4v) is 5.60. The van der Waals surface area contributed by atoms with Crippen molar-refractivity contribution in [1.29, 1.82) is 0 Å². The molecule has 2 heterocycles. The molecule has 0 spiro atoms. The smallest absolute Gasteiger partial charge is 0.338 e. The van der Waals surface area contributed by atoms with Gasteiger partial charge < -0.3 is 18.9 Å². The van der Waals surface area contributed by atoms with Gasteiger partial charge >= 0.3 is 5.97 Å². The lowest BCUT2D eigenvalue weighted by Gasteiger charge is -2.24. The number of allylic oxidation sites excluding steroid dienone is 1. The summed E-state index contributed by atoms with van der Waals surface area (Å²) < 4.78 is 24.0. The van der Waals surface area contributed by atoms with Crippen LogP contribution in [0.25, 0.3) is 6.08 Å². The van der Waals surface area contributed by atoms with Crippen LogP contribution in [0.4, 0.5) is 0 Å². The molecule has 0 radical (unpaired) electrons. The van der Waals surface area contributed by atoms with Crippen LogP contribution in [0, 0.1) is 0 Å². The fourth-order valence-electron chi connectivity index (χ4n) is 4.28. The maximum atomic E-state index is 13.8. The number of aromatic nitrogens is 1. The first kappa shape index (κ1) is 28.2. The van der Waals surface area contributed by atoms with Gasteiger partial charge in [0.25, 0.3) is 5.56 Å². The summed E-state index contributed by atoms with van der Waals surface area (Å²) in [5.41, 5.74) is 1.89. The van der Waals surface area contributed by atoms with Crippen molar-refractivity contribution >= 4 is 35.0 Å². The molecule has 0 unspecified atom stereocenters. The Morgan fingerprint density at radius 1 is 1.18 bits per heavy atom. The first-order chi connectivity index (χ1) is 18.8. The van der Waals surface area contributed by atoms with Gasteiger partial charge in [0.15, 0.2) is 16.3 Å². The van der Waals surface area contributed by atoms with Crippen LogP contribution in [-0.2, 0) is 9.53 Å². The number of ether oxygens (including phenoxy) is 4. The zero-order chi connectivity index (χ0) is 28.1. The summed E-state index contributed by atoms with van der Waals surface area (Å²) in [6.07, 6.45) is 3.33. The minimum absolute atomic E-state index is 0.200. The number of carbonyl (C=O) groups is 1. The average molecular weight is 569 g/mol. The van der Waals surface area contributed by atoms with Crippen LogP contribution in [0.1, 0.15) is 37.9 Å². The van der Waals surface area contributed by atoms with Gasteiger partial charge in [0.05, 0.1) is 47.2 Å². The molecule has 0 saturated heterocycles. The number of halogens is 1. The van der Waals surface area contributed by atoms with Gasteiger partial charge in [-0.15, -0.1) is 0 Å². The van der Waals surface area contributed by atoms with E-state index in [1.54, 1.807) is 38.1 Å². The molecule has 3 aromatic rings. The van der Waals surface area contributed by atoms with Crippen molar-refractivity contribution in [3.8, 4) is 17.2 Å². The van der Waals surface area contributed by atoms with E-state index < -0.39 is 12.0 Å². The summed E-state index contributed by atoms with van der Waals surface area (Å²) in [4.78, 5) is 32.0. The number of benzene rings is 2. The minimum atomic E-state index is -0.717. The van der Waals surface area contributed by atoms with E-state index in [2.05, 4.69) is 11.6 Å². The van der Waals surface area contributed by atoms with Gasteiger partial charge in [-0.25, -0.2) is 9.79 Å². The molecule has 8 nitrogen and oxygen atoms in total. The van der Waals surface area contributed by atoms with Crippen molar-refractivity contribution in [2.24, 2.45) is 4.99 Å². The SMILES string of the molecule is C=CCOc1c(Cl)cc(C=c2sc3n(c2=O)[C@H](c2ccc(OCC)cc2)C(C(=O)OCC)=C(C)N=3)cc1OC. The predicted molar refractivity (Wildman–Crippen MR) is 152 cm³/mol. The number of thiazole rings is 1. The van der Waals surface area contributed by atoms with Crippen LogP contribution in [0.2, 0.25) is 5.02 Å². The molecule has 0 bridgehead atoms. The van der Waals surface area contributed by atoms with Gasteiger partial charge in [-0.05, 0) is 62.2 Å². The largest absolute Gasteiger partial charge is 0.494 e. The Hall–Kier alpha value is -3.82. The normalized spacial score (nSPS) is 14.9. The molecule has 204 valence electrons. The quantitative estimate of drug-likeness (QED) is 0.266. The maximum absolute atomic E-state index is 13.8. The second kappa shape index (κ2) is 12.4. The highest BCUT2D eigenvalue weighted by molar-refractivity contribution is 7.07. The van der Waals surface area contributed by atoms with Crippen LogP contribution in [0.5, 0.6) is 17.2 Å². The van der Waals surface area contributed by atoms with Gasteiger partial charge in [-0.3, -0.25) is 9.36 Å². The van der Waals surface area contributed by atoms with Gasteiger partial charge in [0.2, 0.25) is 0 Å². The van der Waals surface area contributed by atoms with Crippen LogP contribution in [-0.4, -0.2) is 37.5 Å². The standard InChI is InChI=1S/C29H29ClN2O6S/c1-6-13-38-26-21(30)14-18(15-22(26)35-5)16-23-27(33)32-25(19-9-11-20(12-10-19)36-7-2)24(28(34)37-8-3)17(4)31-29(32)39-23/h6,9-12,14-16,25H,1,7-8,13H2,2-5H3/t25-/m1/s1. The van der Waals surface area contributed by atoms with Crippen molar-refractivity contribution in [2.45, 2.75) is 26.8 Å². The van der Waals surface area contributed by atoms with Crippen molar-refractivity contribution < 1.29 is 23.7 Å². The summed E-state index contributed by atoms with van der Waals surface area (Å²) in [6.45, 7) is 10.0. The molecular weight excluding hydrogens is 540 g/mol. The summed E-state index contributed by atoms with van der Waals surface area (Å²) in [5.74, 6) is 0.996. The van der Waals surface area contributed by atoms with Crippen LogP contribution in [0.3, 0.4) is 0 Å². The third-order valence-corrected chi connectivity index (χ3v) is 7.18. The molecular formula is C29H29ClN2O6S. The van der Waals surface area contributed by atoms with E-state index in [0.29, 0.717) is 55.0 Å². The van der Waals surface area contributed by atoms with Gasteiger partial charge in [0, 0.05) is 0 Å². The number of nitrogens with zero attached hydrogens (tertiary/aromatic N) is 2. The van der Waals surface area contributed by atoms with E-state index in [-0.39, 0.29) is 18.8 Å². The minimum Gasteiger partial charge on any atom is -0.494 e. The Morgan fingerprint density at radius 2 is 1.92 bits per heavy atom. The van der Waals surface area contributed by atoms with E-state index in [1.165, 1.54) is 23.0 Å². The Bertz CT molecular complexity index is 1600. The third kappa shape index (κ3) is 5.79. The van der Waals surface area contributed by atoms with Crippen LogP contribution in [0.15, 0.2) is 70.1 Å². The van der Waals surface area contributed by atoms with Crippen molar-refractivity contribution in [3.63, 3.8) is 0 Å². The Labute approximate surface area is 235 Å². The fraction of sp³-hybridized carbons (Fsp3) is 0.276. The molecule has 0 saturated carbocycles. The van der Waals surface area contributed by atoms with Crippen molar-refractivity contribution in [3.05, 3.63) is 96.2 Å². The zero-order valence-corrected chi connectivity index (χ0v) is 23.7. The first-order valence-electron chi connectivity index (χ1n) is 12.4. The zero-order valence-electron chi connectivity index (χ0n) is 22.2. The average Bonchev–Trinajstić information content (AvgIpc) is 3.21. The second-order valence-electron chi connectivity index (χ2n) is 8.44. The van der Waals surface area contributed by atoms with E-state index in [1.807, 2.05) is 31.2 Å². The lowest BCUT2D eigenvalue weighted by molar-refractivity contribution is -0.139. The van der Waals surface area contributed by atoms with Gasteiger partial charge in [-0.1, -0.05) is 47.7 Å². The highest BCUT2D eigenvalue weighted by atomic mass is 35.5. The van der Waals surface area contributed by atoms with E-state index in [0.717, 1.165) is 5.56 Å². The van der Waals surface area contributed by atoms with E-state index in [4.69, 9.17) is 30.5 Å². The lowest BCUT2D eigenvalue weighted by Crippen LogP contribution is -2.39. The van der Waals surface area contributed by atoms with E-state index >= 15 is 0 Å². The molecule has 2 aromatic carbocycles. The predicted octanol–water partition coefficient (Wildman–Crippen LogP) is 4.42. The molecule has 0 fully saturated rings. The summed E-state index contributed by atoms with van der Waals surface area (Å²) in [5, 5.41) is 0.336.